The third-order valence-electron chi connectivity index (χ3n) is 3.16. The first-order chi connectivity index (χ1) is 8.80. The van der Waals surface area contributed by atoms with Crippen molar-refractivity contribution in [3.05, 3.63) is 26.7 Å². The molecule has 0 spiro atoms. The van der Waals surface area contributed by atoms with Crippen LogP contribution in [-0.2, 0) is 10.0 Å². The van der Waals surface area contributed by atoms with Gasteiger partial charge in [0.2, 0.25) is 10.0 Å². The number of nitrogens with one attached hydrogen (secondary N) is 1. The molecule has 1 fully saturated rings. The van der Waals surface area contributed by atoms with E-state index in [-0.39, 0.29) is 33.5 Å². The van der Waals surface area contributed by atoms with E-state index in [1.807, 2.05) is 0 Å². The first-order valence-electron chi connectivity index (χ1n) is 5.55. The Morgan fingerprint density at radius 3 is 2.26 bits per heavy atom. The third-order valence-corrected chi connectivity index (χ3v) is 5.94. The molecular weight excluding hydrogens is 377 g/mol. The molecule has 0 aliphatic heterocycles. The summed E-state index contributed by atoms with van der Waals surface area (Å²) in [4.78, 5) is -0.132. The van der Waals surface area contributed by atoms with Crippen LogP contribution in [0.1, 0.15) is 12.8 Å². The Kier molecular flexibility index (Phi) is 4.50. The van der Waals surface area contributed by atoms with E-state index in [2.05, 4.69) is 20.7 Å². The molecule has 0 saturated heterocycles. The van der Waals surface area contributed by atoms with Crippen LogP contribution in [0.25, 0.3) is 0 Å². The summed E-state index contributed by atoms with van der Waals surface area (Å²) in [5.74, 6) is 0. The molecule has 0 bridgehead atoms. The lowest BCUT2D eigenvalue weighted by atomic mass is 10.1. The van der Waals surface area contributed by atoms with Crippen LogP contribution in [0.3, 0.4) is 0 Å². The maximum absolute atomic E-state index is 12.2. The van der Waals surface area contributed by atoms with Gasteiger partial charge in [0.1, 0.15) is 4.90 Å². The topological polar surface area (TPSA) is 66.4 Å². The van der Waals surface area contributed by atoms with Crippen molar-refractivity contribution in [3.63, 3.8) is 0 Å². The molecule has 0 unspecified atom stereocenters. The fourth-order valence-electron chi connectivity index (χ4n) is 1.67. The summed E-state index contributed by atoms with van der Waals surface area (Å²) in [5.41, 5.74) is -0.318. The third kappa shape index (κ3) is 3.43. The van der Waals surface area contributed by atoms with Crippen molar-refractivity contribution in [1.29, 1.82) is 0 Å². The second-order valence-electron chi connectivity index (χ2n) is 4.68. The molecule has 1 aromatic carbocycles. The average Bonchev–Trinajstić information content (AvgIpc) is 3.05. The lowest BCUT2D eigenvalue weighted by Crippen LogP contribution is -2.32. The highest BCUT2D eigenvalue weighted by Crippen LogP contribution is 2.44. The van der Waals surface area contributed by atoms with Gasteiger partial charge >= 0.3 is 0 Å². The average molecular weight is 389 g/mol. The van der Waals surface area contributed by atoms with Gasteiger partial charge in [-0.2, -0.15) is 0 Å². The Balaban J connectivity index is 2.25. The van der Waals surface area contributed by atoms with Crippen LogP contribution in [0.15, 0.2) is 21.5 Å². The number of rotatable bonds is 5. The van der Waals surface area contributed by atoms with Crippen LogP contribution in [0, 0.1) is 5.41 Å². The predicted molar refractivity (Wildman–Crippen MR) is 78.1 cm³/mol. The molecule has 0 radical (unpaired) electrons. The Hall–Kier alpha value is 0.150. The molecule has 1 saturated carbocycles. The molecule has 0 heterocycles. The Morgan fingerprint density at radius 2 is 1.84 bits per heavy atom. The number of benzene rings is 1. The van der Waals surface area contributed by atoms with Gasteiger partial charge in [-0.3, -0.25) is 0 Å². The van der Waals surface area contributed by atoms with E-state index in [9.17, 15) is 13.5 Å². The number of halogens is 3. The highest BCUT2D eigenvalue weighted by Gasteiger charge is 2.43. The molecule has 4 nitrogen and oxygen atoms in total. The van der Waals surface area contributed by atoms with Crippen LogP contribution in [0.5, 0.6) is 0 Å². The van der Waals surface area contributed by atoms with Gasteiger partial charge in [-0.25, -0.2) is 13.1 Å². The van der Waals surface area contributed by atoms with E-state index in [1.54, 1.807) is 0 Å². The molecule has 1 aliphatic carbocycles. The first-order valence-corrected chi connectivity index (χ1v) is 8.58. The molecule has 0 aromatic heterocycles. The lowest BCUT2D eigenvalue weighted by molar-refractivity contribution is 0.213. The number of hydrogen-bond donors (Lipinski definition) is 2. The molecule has 8 heteroatoms. The number of aliphatic hydroxyl groups is 1. The summed E-state index contributed by atoms with van der Waals surface area (Å²) in [6, 6.07) is 2.95. The summed E-state index contributed by atoms with van der Waals surface area (Å²) >= 11 is 15.1. The zero-order valence-electron chi connectivity index (χ0n) is 9.79. The first kappa shape index (κ1) is 15.5. The largest absolute Gasteiger partial charge is 0.396 e. The SMILES string of the molecule is O=S(=O)(NCC1(CO)CC1)c1c(Cl)cc(Br)cc1Cl. The van der Waals surface area contributed by atoms with Gasteiger partial charge in [-0.1, -0.05) is 39.1 Å². The molecule has 2 N–H and O–H groups in total. The van der Waals surface area contributed by atoms with Crippen LogP contribution in [0.2, 0.25) is 10.0 Å². The summed E-state index contributed by atoms with van der Waals surface area (Å²) in [6.45, 7) is 0.159. The van der Waals surface area contributed by atoms with E-state index in [0.717, 1.165) is 12.8 Å². The van der Waals surface area contributed by atoms with Crippen molar-refractivity contribution in [2.75, 3.05) is 13.2 Å². The molecule has 0 amide bonds. The van der Waals surface area contributed by atoms with Crippen molar-refractivity contribution in [3.8, 4) is 0 Å². The molecule has 19 heavy (non-hydrogen) atoms. The quantitative estimate of drug-likeness (QED) is 0.814. The summed E-state index contributed by atoms with van der Waals surface area (Å²) < 4.78 is 27.5. The van der Waals surface area contributed by atoms with Gasteiger partial charge in [-0.05, 0) is 25.0 Å². The standard InChI is InChI=1S/C11H12BrCl2NO3S/c12-7-3-8(13)10(9(14)4-7)19(17,18)15-5-11(6-16)1-2-11/h3-4,15-16H,1-2,5-6H2. The zero-order chi connectivity index (χ0) is 14.3. The molecule has 1 aromatic rings. The number of sulfonamides is 1. The molecule has 1 aliphatic rings. The van der Waals surface area contributed by atoms with E-state index in [1.165, 1.54) is 12.1 Å². The molecule has 2 rings (SSSR count). The predicted octanol–water partition coefficient (Wildman–Crippen LogP) is 2.81. The maximum atomic E-state index is 12.2. The Labute approximate surface area is 130 Å². The van der Waals surface area contributed by atoms with E-state index < -0.39 is 10.0 Å². The van der Waals surface area contributed by atoms with Gasteiger partial charge in [0, 0.05) is 23.0 Å². The van der Waals surface area contributed by atoms with Gasteiger partial charge in [0.15, 0.2) is 0 Å². The normalized spacial score (nSPS) is 17.5. The van der Waals surface area contributed by atoms with Crippen LogP contribution in [-0.4, -0.2) is 26.7 Å². The Bertz CT molecular complexity index is 579. The maximum Gasteiger partial charge on any atom is 0.243 e. The molecule has 106 valence electrons. The fraction of sp³-hybridized carbons (Fsp3) is 0.455. The van der Waals surface area contributed by atoms with Crippen molar-refractivity contribution < 1.29 is 13.5 Å². The van der Waals surface area contributed by atoms with Crippen LogP contribution >= 0.6 is 39.1 Å². The van der Waals surface area contributed by atoms with Gasteiger partial charge in [0.25, 0.3) is 0 Å². The number of hydrogen-bond acceptors (Lipinski definition) is 3. The van der Waals surface area contributed by atoms with Crippen molar-refractivity contribution in [2.24, 2.45) is 5.41 Å². The minimum absolute atomic E-state index is 0.0304. The van der Waals surface area contributed by atoms with Crippen molar-refractivity contribution >= 4 is 49.2 Å². The highest BCUT2D eigenvalue weighted by molar-refractivity contribution is 9.10. The fourth-order valence-corrected chi connectivity index (χ4v) is 4.76. The molecular formula is C11H12BrCl2NO3S. The smallest absolute Gasteiger partial charge is 0.243 e. The summed E-state index contributed by atoms with van der Waals surface area (Å²) in [5, 5.41) is 9.29. The van der Waals surface area contributed by atoms with E-state index >= 15 is 0 Å². The lowest BCUT2D eigenvalue weighted by Gasteiger charge is -2.14. The number of aliphatic hydroxyl groups excluding tert-OH is 1. The van der Waals surface area contributed by atoms with Gasteiger partial charge < -0.3 is 5.11 Å². The minimum Gasteiger partial charge on any atom is -0.396 e. The second kappa shape index (κ2) is 5.50. The van der Waals surface area contributed by atoms with E-state index in [0.29, 0.717) is 4.47 Å². The monoisotopic (exact) mass is 387 g/mol. The van der Waals surface area contributed by atoms with Crippen molar-refractivity contribution in [1.82, 2.24) is 4.72 Å². The van der Waals surface area contributed by atoms with E-state index in [4.69, 9.17) is 23.2 Å². The second-order valence-corrected chi connectivity index (χ2v) is 8.12. The van der Waals surface area contributed by atoms with Crippen LogP contribution in [0.4, 0.5) is 0 Å². The zero-order valence-corrected chi connectivity index (χ0v) is 13.7. The summed E-state index contributed by atoms with van der Waals surface area (Å²) in [7, 11) is -3.79. The minimum atomic E-state index is -3.79. The van der Waals surface area contributed by atoms with Gasteiger partial charge in [0.05, 0.1) is 10.0 Å². The van der Waals surface area contributed by atoms with Crippen molar-refractivity contribution in [2.45, 2.75) is 17.7 Å². The molecule has 0 atom stereocenters. The highest BCUT2D eigenvalue weighted by atomic mass is 79.9. The Morgan fingerprint density at radius 1 is 1.32 bits per heavy atom. The van der Waals surface area contributed by atoms with Crippen LogP contribution < -0.4 is 4.72 Å². The summed E-state index contributed by atoms with van der Waals surface area (Å²) in [6.07, 6.45) is 1.63. The van der Waals surface area contributed by atoms with Gasteiger partial charge in [-0.15, -0.1) is 0 Å².